The number of rotatable bonds is 8. The fraction of sp³-hybridized carbons (Fsp3) is 0.471. The molecule has 0 amide bonds. The van der Waals surface area contributed by atoms with E-state index in [0.29, 0.717) is 24.6 Å². The van der Waals surface area contributed by atoms with E-state index in [0.717, 1.165) is 17.1 Å². The van der Waals surface area contributed by atoms with Crippen molar-refractivity contribution in [2.75, 3.05) is 19.7 Å². The molecule has 2 aromatic heterocycles. The predicted molar refractivity (Wildman–Crippen MR) is 99.2 cm³/mol. The van der Waals surface area contributed by atoms with Crippen molar-refractivity contribution in [1.82, 2.24) is 20.6 Å². The summed E-state index contributed by atoms with van der Waals surface area (Å²) in [6.07, 6.45) is -2.28. The van der Waals surface area contributed by atoms with Crippen molar-refractivity contribution >= 4 is 17.3 Å². The molecule has 0 radical (unpaired) electrons. The number of hydrogen-bond acceptors (Lipinski definition) is 5. The molecule has 0 fully saturated rings. The summed E-state index contributed by atoms with van der Waals surface area (Å²) >= 11 is 1.60. The first-order valence-corrected chi connectivity index (χ1v) is 9.32. The number of guanidine groups is 1. The summed E-state index contributed by atoms with van der Waals surface area (Å²) in [5, 5.41) is 9.32. The van der Waals surface area contributed by atoms with Crippen LogP contribution in [0, 0.1) is 6.92 Å². The molecule has 0 saturated heterocycles. The number of nitrogens with one attached hydrogen (secondary N) is 2. The minimum atomic E-state index is -4.41. The van der Waals surface area contributed by atoms with Gasteiger partial charge in [0, 0.05) is 36.7 Å². The number of thiazole rings is 1. The smallest absolute Gasteiger partial charge is 0.422 e. The fourth-order valence-electron chi connectivity index (χ4n) is 2.16. The van der Waals surface area contributed by atoms with Crippen molar-refractivity contribution in [1.29, 1.82) is 0 Å². The van der Waals surface area contributed by atoms with Crippen LogP contribution in [-0.4, -0.2) is 41.8 Å². The maximum atomic E-state index is 12.4. The van der Waals surface area contributed by atoms with Gasteiger partial charge in [-0.25, -0.2) is 15.0 Å². The summed E-state index contributed by atoms with van der Waals surface area (Å²) in [7, 11) is 0. The zero-order valence-electron chi connectivity index (χ0n) is 15.1. The molecular formula is C17H22F3N5OS. The summed E-state index contributed by atoms with van der Waals surface area (Å²) in [6, 6.07) is 3.28. The Labute approximate surface area is 159 Å². The molecule has 0 bridgehead atoms. The molecule has 0 aromatic carbocycles. The van der Waals surface area contributed by atoms with Gasteiger partial charge in [-0.15, -0.1) is 11.3 Å². The van der Waals surface area contributed by atoms with Gasteiger partial charge < -0.3 is 15.4 Å². The van der Waals surface area contributed by atoms with Crippen LogP contribution in [0.5, 0.6) is 5.88 Å². The molecule has 0 atom stereocenters. The number of alkyl halides is 3. The number of hydrogen-bond donors (Lipinski definition) is 2. The Bertz CT molecular complexity index is 748. The molecule has 0 aliphatic heterocycles. The van der Waals surface area contributed by atoms with Crippen molar-refractivity contribution in [3.63, 3.8) is 0 Å². The highest BCUT2D eigenvalue weighted by atomic mass is 32.1. The average Bonchev–Trinajstić information content (AvgIpc) is 3.03. The van der Waals surface area contributed by atoms with Crippen LogP contribution in [0.2, 0.25) is 0 Å². The van der Waals surface area contributed by atoms with E-state index in [9.17, 15) is 13.2 Å². The van der Waals surface area contributed by atoms with Crippen molar-refractivity contribution in [3.8, 4) is 5.88 Å². The quantitative estimate of drug-likeness (QED) is 0.525. The Morgan fingerprint density at radius 3 is 2.81 bits per heavy atom. The van der Waals surface area contributed by atoms with E-state index < -0.39 is 12.8 Å². The Balaban J connectivity index is 1.95. The highest BCUT2D eigenvalue weighted by molar-refractivity contribution is 7.09. The van der Waals surface area contributed by atoms with Gasteiger partial charge in [0.1, 0.15) is 0 Å². The first-order chi connectivity index (χ1) is 12.9. The molecule has 0 saturated carbocycles. The lowest BCUT2D eigenvalue weighted by molar-refractivity contribution is -0.154. The van der Waals surface area contributed by atoms with E-state index >= 15 is 0 Å². The lowest BCUT2D eigenvalue weighted by Gasteiger charge is -2.13. The molecule has 0 unspecified atom stereocenters. The Morgan fingerprint density at radius 1 is 1.33 bits per heavy atom. The average molecular weight is 401 g/mol. The summed E-state index contributed by atoms with van der Waals surface area (Å²) < 4.78 is 41.9. The highest BCUT2D eigenvalue weighted by Gasteiger charge is 2.29. The minimum Gasteiger partial charge on any atom is -0.468 e. The van der Waals surface area contributed by atoms with Gasteiger partial charge >= 0.3 is 6.18 Å². The lowest BCUT2D eigenvalue weighted by Crippen LogP contribution is -2.38. The van der Waals surface area contributed by atoms with E-state index in [1.165, 1.54) is 6.20 Å². The van der Waals surface area contributed by atoms with Crippen molar-refractivity contribution in [3.05, 3.63) is 40.0 Å². The van der Waals surface area contributed by atoms with Crippen LogP contribution in [0.15, 0.2) is 28.7 Å². The monoisotopic (exact) mass is 401 g/mol. The number of aromatic nitrogens is 2. The summed E-state index contributed by atoms with van der Waals surface area (Å²) in [5.41, 5.74) is 1.49. The summed E-state index contributed by atoms with van der Waals surface area (Å²) in [5.74, 6) is 0.502. The number of ether oxygens (including phenoxy) is 1. The van der Waals surface area contributed by atoms with Gasteiger partial charge in [-0.1, -0.05) is 6.07 Å². The maximum absolute atomic E-state index is 12.4. The number of halogens is 3. The second-order valence-electron chi connectivity index (χ2n) is 5.60. The molecule has 0 aliphatic rings. The van der Waals surface area contributed by atoms with Crippen LogP contribution in [0.1, 0.15) is 23.2 Å². The normalized spacial score (nSPS) is 12.1. The van der Waals surface area contributed by atoms with Gasteiger partial charge in [0.25, 0.3) is 0 Å². The van der Waals surface area contributed by atoms with E-state index in [-0.39, 0.29) is 12.4 Å². The molecule has 2 heterocycles. The number of pyridine rings is 1. The van der Waals surface area contributed by atoms with Gasteiger partial charge in [0.05, 0.1) is 17.2 Å². The molecule has 2 rings (SSSR count). The summed E-state index contributed by atoms with van der Waals surface area (Å²) in [6.45, 7) is 3.95. The van der Waals surface area contributed by atoms with Crippen LogP contribution >= 0.6 is 11.3 Å². The SMILES string of the molecule is CCNC(=NCc1cccnc1OCC(F)(F)F)NCCc1csc(C)n1. The standard InChI is InChI=1S/C17H22F3N5OS/c1-3-21-16(23-8-6-14-10-27-12(2)25-14)24-9-13-5-4-7-22-15(13)26-11-17(18,19)20/h4-5,7,10H,3,6,8-9,11H2,1-2H3,(H2,21,23,24). The van der Waals surface area contributed by atoms with Crippen LogP contribution in [-0.2, 0) is 13.0 Å². The highest BCUT2D eigenvalue weighted by Crippen LogP contribution is 2.20. The number of nitrogens with zero attached hydrogens (tertiary/aromatic N) is 3. The van der Waals surface area contributed by atoms with Gasteiger partial charge in [-0.2, -0.15) is 13.2 Å². The van der Waals surface area contributed by atoms with Crippen LogP contribution in [0.4, 0.5) is 13.2 Å². The molecule has 27 heavy (non-hydrogen) atoms. The first kappa shape index (κ1) is 20.9. The van der Waals surface area contributed by atoms with Crippen LogP contribution in [0.25, 0.3) is 0 Å². The number of aryl methyl sites for hydroxylation is 1. The van der Waals surface area contributed by atoms with Crippen molar-refractivity contribution in [2.45, 2.75) is 33.0 Å². The van der Waals surface area contributed by atoms with Crippen LogP contribution in [0.3, 0.4) is 0 Å². The van der Waals surface area contributed by atoms with Gasteiger partial charge in [-0.3, -0.25) is 0 Å². The minimum absolute atomic E-state index is 0.0626. The first-order valence-electron chi connectivity index (χ1n) is 8.44. The molecular weight excluding hydrogens is 379 g/mol. The van der Waals surface area contributed by atoms with Gasteiger partial charge in [0.2, 0.25) is 5.88 Å². The van der Waals surface area contributed by atoms with Gasteiger partial charge in [-0.05, 0) is 19.9 Å². The third-order valence-corrected chi connectivity index (χ3v) is 4.14. The molecule has 148 valence electrons. The molecule has 0 aliphatic carbocycles. The van der Waals surface area contributed by atoms with E-state index in [4.69, 9.17) is 4.74 Å². The van der Waals surface area contributed by atoms with E-state index in [1.54, 1.807) is 23.5 Å². The Kier molecular flexibility index (Phi) is 7.83. The third kappa shape index (κ3) is 7.81. The maximum Gasteiger partial charge on any atom is 0.422 e. The zero-order valence-corrected chi connectivity index (χ0v) is 16.0. The third-order valence-electron chi connectivity index (χ3n) is 3.31. The van der Waals surface area contributed by atoms with Crippen LogP contribution < -0.4 is 15.4 Å². The van der Waals surface area contributed by atoms with E-state index in [1.807, 2.05) is 19.2 Å². The number of aliphatic imine (C=N–C) groups is 1. The predicted octanol–water partition coefficient (Wildman–Crippen LogP) is 3.09. The molecule has 6 nitrogen and oxygen atoms in total. The molecule has 2 aromatic rings. The molecule has 0 spiro atoms. The van der Waals surface area contributed by atoms with Crippen molar-refractivity contribution < 1.29 is 17.9 Å². The topological polar surface area (TPSA) is 71.4 Å². The molecule has 10 heteroatoms. The largest absolute Gasteiger partial charge is 0.468 e. The molecule has 2 N–H and O–H groups in total. The van der Waals surface area contributed by atoms with E-state index in [2.05, 4.69) is 25.6 Å². The zero-order chi connectivity index (χ0) is 19.7. The Hall–Kier alpha value is -2.36. The summed E-state index contributed by atoms with van der Waals surface area (Å²) in [4.78, 5) is 12.7. The second-order valence-corrected chi connectivity index (χ2v) is 6.66. The van der Waals surface area contributed by atoms with Crippen molar-refractivity contribution in [2.24, 2.45) is 4.99 Å². The Morgan fingerprint density at radius 2 is 2.15 bits per heavy atom. The second kappa shape index (κ2) is 10.1. The lowest BCUT2D eigenvalue weighted by atomic mass is 10.3. The fourth-order valence-corrected chi connectivity index (χ4v) is 2.81. The van der Waals surface area contributed by atoms with Gasteiger partial charge in [0.15, 0.2) is 12.6 Å².